The Kier molecular flexibility index (Phi) is 10.7. The molecule has 10 nitrogen and oxygen atoms in total. The van der Waals surface area contributed by atoms with Gasteiger partial charge >= 0.3 is 12.0 Å². The second kappa shape index (κ2) is 13.9. The van der Waals surface area contributed by atoms with Crippen LogP contribution in [-0.4, -0.2) is 93.9 Å². The van der Waals surface area contributed by atoms with Crippen molar-refractivity contribution in [3.8, 4) is 0 Å². The fourth-order valence-corrected chi connectivity index (χ4v) is 5.36. The molecule has 1 saturated heterocycles. The smallest absolute Gasteiger partial charge is 0.334 e. The maximum atomic E-state index is 13.4. The van der Waals surface area contributed by atoms with Crippen LogP contribution >= 0.6 is 11.8 Å². The number of hydrogen-bond donors (Lipinski definition) is 2. The topological polar surface area (TPSA) is 114 Å². The van der Waals surface area contributed by atoms with E-state index in [0.29, 0.717) is 17.9 Å². The number of urea groups is 1. The maximum absolute atomic E-state index is 13.4. The van der Waals surface area contributed by atoms with E-state index in [-0.39, 0.29) is 13.1 Å². The Balaban J connectivity index is 1.67. The quantitative estimate of drug-likeness (QED) is 0.407. The molecule has 3 rings (SSSR count). The summed E-state index contributed by atoms with van der Waals surface area (Å²) in [7, 11) is 3.14. The standard InChI is InChI=1S/C27H34FN5O5S/c1-19-32(24(34)17-31(3)33(19)27(38)29-16-20-9-11-22(28)12-10-20)23(15-25(35)36)26(37)30(2)13-14-39-18-21-7-5-4-6-8-21/h4-12,19,23H,13-18H2,1-3H3,(H,29,38)(H,35,36)/t19-,23-/m0/s1. The van der Waals surface area contributed by atoms with Crippen LogP contribution in [0, 0.1) is 5.82 Å². The Morgan fingerprint density at radius 2 is 1.79 bits per heavy atom. The molecule has 2 atom stereocenters. The van der Waals surface area contributed by atoms with Gasteiger partial charge in [0.15, 0.2) is 0 Å². The number of aliphatic carboxylic acids is 1. The lowest BCUT2D eigenvalue weighted by atomic mass is 10.1. The number of thioether (sulfide) groups is 1. The molecule has 0 bridgehead atoms. The number of rotatable bonds is 11. The predicted octanol–water partition coefficient (Wildman–Crippen LogP) is 2.61. The van der Waals surface area contributed by atoms with Gasteiger partial charge in [0.25, 0.3) is 0 Å². The second-order valence-electron chi connectivity index (χ2n) is 9.29. The Bertz CT molecular complexity index is 1150. The molecule has 1 aliphatic rings. The first kappa shape index (κ1) is 29.9. The third kappa shape index (κ3) is 8.17. The number of carbonyl (C=O) groups is 4. The molecule has 0 radical (unpaired) electrons. The minimum atomic E-state index is -1.28. The lowest BCUT2D eigenvalue weighted by Crippen LogP contribution is -2.69. The van der Waals surface area contributed by atoms with Crippen LogP contribution < -0.4 is 5.32 Å². The van der Waals surface area contributed by atoms with Gasteiger partial charge in [-0.05, 0) is 30.2 Å². The largest absolute Gasteiger partial charge is 0.481 e. The summed E-state index contributed by atoms with van der Waals surface area (Å²) in [4.78, 5) is 54.0. The highest BCUT2D eigenvalue weighted by molar-refractivity contribution is 7.98. The molecule has 2 N–H and O–H groups in total. The summed E-state index contributed by atoms with van der Waals surface area (Å²) in [6.07, 6.45) is -1.52. The van der Waals surface area contributed by atoms with Crippen LogP contribution in [0.1, 0.15) is 24.5 Å². The zero-order chi connectivity index (χ0) is 28.5. The van der Waals surface area contributed by atoms with Gasteiger partial charge in [-0.2, -0.15) is 11.8 Å². The van der Waals surface area contributed by atoms with E-state index in [2.05, 4.69) is 5.32 Å². The molecule has 0 aromatic heterocycles. The average molecular weight is 560 g/mol. The van der Waals surface area contributed by atoms with Crippen molar-refractivity contribution in [1.82, 2.24) is 25.1 Å². The fraction of sp³-hybridized carbons (Fsp3) is 0.407. The van der Waals surface area contributed by atoms with Crippen molar-refractivity contribution in [3.63, 3.8) is 0 Å². The van der Waals surface area contributed by atoms with E-state index in [1.54, 1.807) is 44.9 Å². The van der Waals surface area contributed by atoms with Crippen LogP contribution in [0.3, 0.4) is 0 Å². The number of halogens is 1. The Morgan fingerprint density at radius 3 is 2.44 bits per heavy atom. The highest BCUT2D eigenvalue weighted by atomic mass is 32.2. The first-order valence-electron chi connectivity index (χ1n) is 12.5. The van der Waals surface area contributed by atoms with Crippen molar-refractivity contribution in [3.05, 3.63) is 71.5 Å². The van der Waals surface area contributed by atoms with E-state index in [1.165, 1.54) is 32.0 Å². The molecule has 39 heavy (non-hydrogen) atoms. The summed E-state index contributed by atoms with van der Waals surface area (Å²) < 4.78 is 13.2. The minimum Gasteiger partial charge on any atom is -0.481 e. The SMILES string of the molecule is C[C@H]1N([C@@H](CC(=O)O)C(=O)N(C)CCSCc2ccccc2)C(=O)CN(C)N1C(=O)NCc1ccc(F)cc1. The normalized spacial score (nSPS) is 16.6. The molecule has 1 aliphatic heterocycles. The fourth-order valence-electron chi connectivity index (χ4n) is 4.39. The first-order chi connectivity index (χ1) is 18.6. The molecule has 0 unspecified atom stereocenters. The molecule has 12 heteroatoms. The van der Waals surface area contributed by atoms with Crippen molar-refractivity contribution < 1.29 is 28.7 Å². The Labute approximate surface area is 231 Å². The van der Waals surface area contributed by atoms with Crippen molar-refractivity contribution in [2.24, 2.45) is 0 Å². The molecule has 0 saturated carbocycles. The number of carbonyl (C=O) groups excluding carboxylic acids is 3. The number of carboxylic acid groups (broad SMARTS) is 1. The highest BCUT2D eigenvalue weighted by Crippen LogP contribution is 2.22. The molecule has 4 amide bonds. The number of hydrogen-bond acceptors (Lipinski definition) is 6. The van der Waals surface area contributed by atoms with Crippen molar-refractivity contribution in [2.75, 3.05) is 32.9 Å². The number of carboxylic acids is 1. The summed E-state index contributed by atoms with van der Waals surface area (Å²) in [6.45, 7) is 1.84. The Morgan fingerprint density at radius 1 is 1.13 bits per heavy atom. The van der Waals surface area contributed by atoms with Gasteiger partial charge in [-0.3, -0.25) is 14.4 Å². The summed E-state index contributed by atoms with van der Waals surface area (Å²) in [5, 5.41) is 15.0. The lowest BCUT2D eigenvalue weighted by Gasteiger charge is -2.48. The number of likely N-dealkylation sites (N-methyl/N-ethyl adjacent to an activating group) is 2. The van der Waals surface area contributed by atoms with E-state index in [9.17, 15) is 28.7 Å². The lowest BCUT2D eigenvalue weighted by molar-refractivity contribution is -0.173. The number of nitrogens with one attached hydrogen (secondary N) is 1. The number of benzene rings is 2. The van der Waals surface area contributed by atoms with E-state index in [1.807, 2.05) is 30.3 Å². The van der Waals surface area contributed by atoms with Crippen LogP contribution in [-0.2, 0) is 26.7 Å². The molecule has 2 aromatic rings. The maximum Gasteiger partial charge on any atom is 0.334 e. The first-order valence-corrected chi connectivity index (χ1v) is 13.7. The summed E-state index contributed by atoms with van der Waals surface area (Å²) in [6, 6.07) is 13.8. The van der Waals surface area contributed by atoms with Gasteiger partial charge in [0.2, 0.25) is 11.8 Å². The molecule has 1 fully saturated rings. The van der Waals surface area contributed by atoms with Crippen LogP contribution in [0.25, 0.3) is 0 Å². The zero-order valence-corrected chi connectivity index (χ0v) is 23.1. The number of hydrazine groups is 1. The van der Waals surface area contributed by atoms with E-state index < -0.39 is 48.3 Å². The van der Waals surface area contributed by atoms with Crippen LogP contribution in [0.2, 0.25) is 0 Å². The molecule has 0 aliphatic carbocycles. The summed E-state index contributed by atoms with van der Waals surface area (Å²) in [5.41, 5.74) is 1.84. The molecule has 1 heterocycles. The van der Waals surface area contributed by atoms with E-state index in [0.717, 1.165) is 11.3 Å². The molecule has 210 valence electrons. The van der Waals surface area contributed by atoms with E-state index in [4.69, 9.17) is 0 Å². The van der Waals surface area contributed by atoms with Crippen molar-refractivity contribution in [2.45, 2.75) is 37.8 Å². The van der Waals surface area contributed by atoms with Gasteiger partial charge in [-0.25, -0.2) is 19.2 Å². The summed E-state index contributed by atoms with van der Waals surface area (Å²) >= 11 is 1.64. The van der Waals surface area contributed by atoms with Crippen molar-refractivity contribution >= 4 is 35.6 Å². The molecule has 0 spiro atoms. The second-order valence-corrected chi connectivity index (χ2v) is 10.4. The molecular formula is C27H34FN5O5S. The van der Waals surface area contributed by atoms with E-state index >= 15 is 0 Å². The van der Waals surface area contributed by atoms with Gasteiger partial charge in [-0.15, -0.1) is 0 Å². The monoisotopic (exact) mass is 559 g/mol. The molecular weight excluding hydrogens is 525 g/mol. The van der Waals surface area contributed by atoms with Gasteiger partial charge < -0.3 is 20.2 Å². The van der Waals surface area contributed by atoms with Crippen molar-refractivity contribution in [1.29, 1.82) is 0 Å². The number of nitrogens with zero attached hydrogens (tertiary/aromatic N) is 4. The van der Waals surface area contributed by atoms with Gasteiger partial charge in [0.05, 0.1) is 13.0 Å². The van der Waals surface area contributed by atoms with Crippen LogP contribution in [0.4, 0.5) is 9.18 Å². The minimum absolute atomic E-state index is 0.116. The van der Waals surface area contributed by atoms with Gasteiger partial charge in [0, 0.05) is 38.7 Å². The predicted molar refractivity (Wildman–Crippen MR) is 146 cm³/mol. The van der Waals surface area contributed by atoms with Gasteiger partial charge in [-0.1, -0.05) is 42.5 Å². The zero-order valence-electron chi connectivity index (χ0n) is 22.2. The van der Waals surface area contributed by atoms with Crippen LogP contribution in [0.5, 0.6) is 0 Å². The Hall–Kier alpha value is -3.64. The summed E-state index contributed by atoms with van der Waals surface area (Å²) in [5.74, 6) is -1.18. The third-order valence-corrected chi connectivity index (χ3v) is 7.40. The van der Waals surface area contributed by atoms with Gasteiger partial charge in [0.1, 0.15) is 18.0 Å². The highest BCUT2D eigenvalue weighted by Gasteiger charge is 2.44. The average Bonchev–Trinajstić information content (AvgIpc) is 2.89. The molecule has 2 aromatic carbocycles. The number of amides is 4. The van der Waals surface area contributed by atoms with Crippen LogP contribution in [0.15, 0.2) is 54.6 Å². The third-order valence-electron chi connectivity index (χ3n) is 6.39.